The minimum Gasteiger partial charge on any atom is -0.494 e. The lowest BCUT2D eigenvalue weighted by Gasteiger charge is -2.20. The minimum atomic E-state index is -0.240. The van der Waals surface area contributed by atoms with Crippen molar-refractivity contribution in [3.63, 3.8) is 0 Å². The lowest BCUT2D eigenvalue weighted by atomic mass is 10.0. The van der Waals surface area contributed by atoms with Gasteiger partial charge in [-0.05, 0) is 55.3 Å². The number of aryl methyl sites for hydroxylation is 1. The molecule has 150 valence electrons. The molecule has 0 saturated heterocycles. The maximum Gasteiger partial charge on any atom is 0.155 e. The Morgan fingerprint density at radius 3 is 2.57 bits per heavy atom. The van der Waals surface area contributed by atoms with Crippen LogP contribution in [-0.2, 0) is 12.8 Å². The minimum absolute atomic E-state index is 0.240. The van der Waals surface area contributed by atoms with E-state index < -0.39 is 0 Å². The van der Waals surface area contributed by atoms with Crippen molar-refractivity contribution in [1.82, 2.24) is 5.32 Å². The Morgan fingerprint density at radius 1 is 1.29 bits per heavy atom. The lowest BCUT2D eigenvalue weighted by Crippen LogP contribution is -2.21. The van der Waals surface area contributed by atoms with Gasteiger partial charge in [0, 0.05) is 13.1 Å². The summed E-state index contributed by atoms with van der Waals surface area (Å²) in [6.45, 7) is 9.09. The fourth-order valence-electron chi connectivity index (χ4n) is 3.02. The SMILES string of the molecule is C=CNC(=NCCc1ccc(F)cc1)c1cc(CC)c(N)c(NCC)c1OC. The van der Waals surface area contributed by atoms with Crippen LogP contribution in [0.3, 0.4) is 0 Å². The van der Waals surface area contributed by atoms with Gasteiger partial charge in [-0.1, -0.05) is 25.6 Å². The number of rotatable bonds is 9. The number of amidine groups is 1. The molecule has 0 radical (unpaired) electrons. The van der Waals surface area contributed by atoms with Crippen LogP contribution in [0.15, 0.2) is 48.1 Å². The standard InChI is InChI=1S/C22H29FN4O/c1-5-16-14-18(21(28-4)20(19(16)24)25-6-2)22(26-7-3)27-13-12-15-8-10-17(23)11-9-15/h7-11,14,25H,3,5-6,12-13,24H2,1-2,4H3,(H,26,27). The second-order valence-corrected chi connectivity index (χ2v) is 6.24. The Labute approximate surface area is 166 Å². The van der Waals surface area contributed by atoms with Crippen LogP contribution in [0.5, 0.6) is 5.75 Å². The van der Waals surface area contributed by atoms with Gasteiger partial charge in [0.15, 0.2) is 5.75 Å². The largest absolute Gasteiger partial charge is 0.494 e. The molecule has 28 heavy (non-hydrogen) atoms. The molecule has 2 aromatic carbocycles. The number of aliphatic imine (C=N–C) groups is 1. The number of halogens is 1. The number of nitrogens with one attached hydrogen (secondary N) is 2. The van der Waals surface area contributed by atoms with Gasteiger partial charge in [0.25, 0.3) is 0 Å². The molecule has 0 aliphatic heterocycles. The summed E-state index contributed by atoms with van der Waals surface area (Å²) in [5.41, 5.74) is 10.7. The monoisotopic (exact) mass is 384 g/mol. The maximum atomic E-state index is 13.1. The van der Waals surface area contributed by atoms with E-state index >= 15 is 0 Å². The van der Waals surface area contributed by atoms with E-state index in [1.165, 1.54) is 12.1 Å². The third kappa shape index (κ3) is 5.03. The number of hydrogen-bond donors (Lipinski definition) is 3. The summed E-state index contributed by atoms with van der Waals surface area (Å²) < 4.78 is 18.7. The molecule has 0 bridgehead atoms. The topological polar surface area (TPSA) is 71.7 Å². The smallest absolute Gasteiger partial charge is 0.155 e. The van der Waals surface area contributed by atoms with E-state index in [0.29, 0.717) is 30.2 Å². The van der Waals surface area contributed by atoms with Crippen molar-refractivity contribution in [2.45, 2.75) is 26.7 Å². The van der Waals surface area contributed by atoms with Crippen molar-refractivity contribution < 1.29 is 9.13 Å². The molecule has 0 aliphatic rings. The van der Waals surface area contributed by atoms with Crippen molar-refractivity contribution in [1.29, 1.82) is 0 Å². The van der Waals surface area contributed by atoms with Gasteiger partial charge in [-0.25, -0.2) is 4.39 Å². The molecule has 4 N–H and O–H groups in total. The summed E-state index contributed by atoms with van der Waals surface area (Å²) in [6, 6.07) is 8.46. The predicted octanol–water partition coefficient (Wildman–Crippen LogP) is 4.13. The Hall–Kier alpha value is -3.02. The van der Waals surface area contributed by atoms with Crippen LogP contribution >= 0.6 is 0 Å². The Morgan fingerprint density at radius 2 is 2.00 bits per heavy atom. The predicted molar refractivity (Wildman–Crippen MR) is 116 cm³/mol. The Bertz CT molecular complexity index is 831. The summed E-state index contributed by atoms with van der Waals surface area (Å²) >= 11 is 0. The van der Waals surface area contributed by atoms with Gasteiger partial charge in [-0.15, -0.1) is 0 Å². The first-order chi connectivity index (χ1) is 13.5. The summed E-state index contributed by atoms with van der Waals surface area (Å²) in [7, 11) is 1.62. The van der Waals surface area contributed by atoms with E-state index in [9.17, 15) is 4.39 Å². The zero-order valence-corrected chi connectivity index (χ0v) is 16.8. The van der Waals surface area contributed by atoms with E-state index in [4.69, 9.17) is 15.5 Å². The average molecular weight is 384 g/mol. The van der Waals surface area contributed by atoms with Crippen molar-refractivity contribution >= 4 is 17.2 Å². The van der Waals surface area contributed by atoms with Crippen molar-refractivity contribution in [2.75, 3.05) is 31.2 Å². The number of nitrogens with two attached hydrogens (primary N) is 1. The molecule has 0 amide bonds. The molecule has 0 saturated carbocycles. The molecular formula is C22H29FN4O. The molecule has 2 aromatic rings. The van der Waals surface area contributed by atoms with Crippen molar-refractivity contribution in [2.24, 2.45) is 4.99 Å². The summed E-state index contributed by atoms with van der Waals surface area (Å²) in [6.07, 6.45) is 3.07. The van der Waals surface area contributed by atoms with E-state index in [-0.39, 0.29) is 5.82 Å². The van der Waals surface area contributed by atoms with Gasteiger partial charge in [0.2, 0.25) is 0 Å². The van der Waals surface area contributed by atoms with Gasteiger partial charge >= 0.3 is 0 Å². The van der Waals surface area contributed by atoms with Crippen LogP contribution in [0.2, 0.25) is 0 Å². The van der Waals surface area contributed by atoms with Gasteiger partial charge in [-0.3, -0.25) is 4.99 Å². The number of nitrogens with zero attached hydrogens (tertiary/aromatic N) is 1. The molecule has 0 fully saturated rings. The van der Waals surface area contributed by atoms with Gasteiger partial charge in [0.05, 0.1) is 18.4 Å². The third-order valence-corrected chi connectivity index (χ3v) is 4.42. The van der Waals surface area contributed by atoms with Gasteiger partial charge in [0.1, 0.15) is 17.3 Å². The Balaban J connectivity index is 2.41. The van der Waals surface area contributed by atoms with Crippen molar-refractivity contribution in [3.05, 3.63) is 65.6 Å². The zero-order chi connectivity index (χ0) is 20.5. The lowest BCUT2D eigenvalue weighted by molar-refractivity contribution is 0.415. The van der Waals surface area contributed by atoms with Crippen LogP contribution in [0, 0.1) is 5.82 Å². The van der Waals surface area contributed by atoms with Crippen LogP contribution in [-0.4, -0.2) is 26.0 Å². The third-order valence-electron chi connectivity index (χ3n) is 4.42. The first kappa shape index (κ1) is 21.3. The Kier molecular flexibility index (Phi) is 7.87. The highest BCUT2D eigenvalue weighted by atomic mass is 19.1. The van der Waals surface area contributed by atoms with Gasteiger partial charge < -0.3 is 21.1 Å². The average Bonchev–Trinajstić information content (AvgIpc) is 2.70. The summed E-state index contributed by atoms with van der Waals surface area (Å²) in [5.74, 6) is 1.06. The number of ether oxygens (including phenoxy) is 1. The normalized spacial score (nSPS) is 11.2. The number of nitrogen functional groups attached to an aromatic ring is 1. The summed E-state index contributed by atoms with van der Waals surface area (Å²) in [5, 5.41) is 6.41. The van der Waals surface area contributed by atoms with Crippen molar-refractivity contribution in [3.8, 4) is 5.75 Å². The molecular weight excluding hydrogens is 355 g/mol. The van der Waals surface area contributed by atoms with E-state index in [2.05, 4.69) is 24.1 Å². The quantitative estimate of drug-likeness (QED) is 0.345. The second-order valence-electron chi connectivity index (χ2n) is 6.24. The molecule has 0 aliphatic carbocycles. The highest BCUT2D eigenvalue weighted by Crippen LogP contribution is 2.37. The van der Waals surface area contributed by atoms with Gasteiger partial charge in [-0.2, -0.15) is 0 Å². The molecule has 0 aromatic heterocycles. The van der Waals surface area contributed by atoms with E-state index in [1.54, 1.807) is 25.4 Å². The number of methoxy groups -OCH3 is 1. The fraction of sp³-hybridized carbons (Fsp3) is 0.318. The number of anilines is 2. The number of hydrogen-bond acceptors (Lipinski definition) is 4. The molecule has 6 heteroatoms. The highest BCUT2D eigenvalue weighted by Gasteiger charge is 2.19. The maximum absolute atomic E-state index is 13.1. The van der Waals surface area contributed by atoms with Crippen LogP contribution in [0.4, 0.5) is 15.8 Å². The molecule has 0 spiro atoms. The molecule has 0 unspecified atom stereocenters. The first-order valence-electron chi connectivity index (χ1n) is 9.45. The van der Waals surface area contributed by atoms with E-state index in [1.807, 2.05) is 13.0 Å². The zero-order valence-electron chi connectivity index (χ0n) is 16.8. The highest BCUT2D eigenvalue weighted by molar-refractivity contribution is 6.05. The molecule has 5 nitrogen and oxygen atoms in total. The molecule has 0 atom stereocenters. The van der Waals surface area contributed by atoms with E-state index in [0.717, 1.165) is 35.3 Å². The second kappa shape index (κ2) is 10.3. The fourth-order valence-corrected chi connectivity index (χ4v) is 3.02. The molecule has 2 rings (SSSR count). The molecule has 0 heterocycles. The van der Waals surface area contributed by atoms with Crippen LogP contribution in [0.25, 0.3) is 0 Å². The van der Waals surface area contributed by atoms with Crippen LogP contribution < -0.4 is 21.1 Å². The summed E-state index contributed by atoms with van der Waals surface area (Å²) in [4.78, 5) is 4.71. The van der Waals surface area contributed by atoms with Crippen LogP contribution in [0.1, 0.15) is 30.5 Å². The number of benzene rings is 2. The first-order valence-corrected chi connectivity index (χ1v) is 9.45.